The third-order valence-corrected chi connectivity index (χ3v) is 3.78. The summed E-state index contributed by atoms with van der Waals surface area (Å²) < 4.78 is 5.15. The molecule has 1 aliphatic rings. The van der Waals surface area contributed by atoms with Gasteiger partial charge in [-0.15, -0.1) is 0 Å². The Kier molecular flexibility index (Phi) is 6.00. The highest BCUT2D eigenvalue weighted by molar-refractivity contribution is 5.31. The normalized spacial score (nSPS) is 17.6. The quantitative estimate of drug-likeness (QED) is 0.819. The molecular formula is C16H23N3O. The Morgan fingerprint density at radius 1 is 1.10 bits per heavy atom. The number of rotatable bonds is 5. The van der Waals surface area contributed by atoms with Crippen molar-refractivity contribution >= 4 is 0 Å². The van der Waals surface area contributed by atoms with Gasteiger partial charge in [0.15, 0.2) is 0 Å². The highest BCUT2D eigenvalue weighted by atomic mass is 16.5. The maximum Gasteiger partial charge on any atom is 0.0991 e. The maximum absolute atomic E-state index is 8.81. The molecule has 0 atom stereocenters. The molecular weight excluding hydrogens is 250 g/mol. The molecule has 20 heavy (non-hydrogen) atoms. The minimum absolute atomic E-state index is 0.732. The van der Waals surface area contributed by atoms with Crippen LogP contribution in [0, 0.1) is 11.3 Å². The molecule has 2 rings (SSSR count). The summed E-state index contributed by atoms with van der Waals surface area (Å²) in [4.78, 5) is 4.97. The zero-order chi connectivity index (χ0) is 14.2. The fourth-order valence-electron chi connectivity index (χ4n) is 2.57. The molecule has 1 saturated heterocycles. The lowest BCUT2D eigenvalue weighted by Gasteiger charge is -2.21. The van der Waals surface area contributed by atoms with Gasteiger partial charge in [0, 0.05) is 33.3 Å². The van der Waals surface area contributed by atoms with Gasteiger partial charge in [0.1, 0.15) is 0 Å². The van der Waals surface area contributed by atoms with Gasteiger partial charge in [-0.25, -0.2) is 0 Å². The smallest absolute Gasteiger partial charge is 0.0991 e. The largest absolute Gasteiger partial charge is 0.383 e. The number of hydrogen-bond donors (Lipinski definition) is 0. The molecule has 108 valence electrons. The molecule has 1 aromatic carbocycles. The molecule has 0 spiro atoms. The molecule has 0 amide bonds. The first-order chi connectivity index (χ1) is 9.81. The fourth-order valence-corrected chi connectivity index (χ4v) is 2.57. The first-order valence-corrected chi connectivity index (χ1v) is 7.24. The van der Waals surface area contributed by atoms with Crippen molar-refractivity contribution in [3.63, 3.8) is 0 Å². The van der Waals surface area contributed by atoms with Crippen molar-refractivity contribution in [3.05, 3.63) is 35.4 Å². The fraction of sp³-hybridized carbons (Fsp3) is 0.562. The molecule has 0 aliphatic carbocycles. The second kappa shape index (κ2) is 8.01. The molecule has 0 aromatic heterocycles. The van der Waals surface area contributed by atoms with Crippen molar-refractivity contribution in [2.75, 3.05) is 46.4 Å². The Morgan fingerprint density at radius 3 is 2.50 bits per heavy atom. The van der Waals surface area contributed by atoms with E-state index < -0.39 is 0 Å². The molecule has 0 saturated carbocycles. The van der Waals surface area contributed by atoms with E-state index in [9.17, 15) is 0 Å². The minimum atomic E-state index is 0.732. The van der Waals surface area contributed by atoms with Crippen LogP contribution in [0.25, 0.3) is 0 Å². The van der Waals surface area contributed by atoms with Crippen molar-refractivity contribution < 1.29 is 4.74 Å². The molecule has 1 aliphatic heterocycles. The monoisotopic (exact) mass is 273 g/mol. The average Bonchev–Trinajstić information content (AvgIpc) is 2.71. The van der Waals surface area contributed by atoms with E-state index in [4.69, 9.17) is 10.00 Å². The second-order valence-corrected chi connectivity index (χ2v) is 5.27. The van der Waals surface area contributed by atoms with Gasteiger partial charge in [0.2, 0.25) is 0 Å². The topological polar surface area (TPSA) is 39.5 Å². The van der Waals surface area contributed by atoms with Crippen molar-refractivity contribution in [2.24, 2.45) is 0 Å². The van der Waals surface area contributed by atoms with Crippen molar-refractivity contribution in [3.8, 4) is 6.07 Å². The van der Waals surface area contributed by atoms with Crippen LogP contribution in [0.1, 0.15) is 17.5 Å². The Labute approximate surface area is 121 Å². The van der Waals surface area contributed by atoms with Crippen molar-refractivity contribution in [1.82, 2.24) is 9.80 Å². The zero-order valence-corrected chi connectivity index (χ0v) is 12.2. The van der Waals surface area contributed by atoms with Crippen LogP contribution in [-0.4, -0.2) is 56.2 Å². The van der Waals surface area contributed by atoms with Crippen LogP contribution in [0.15, 0.2) is 24.3 Å². The molecule has 4 nitrogen and oxygen atoms in total. The van der Waals surface area contributed by atoms with Gasteiger partial charge >= 0.3 is 0 Å². The van der Waals surface area contributed by atoms with E-state index in [0.29, 0.717) is 0 Å². The molecule has 1 aromatic rings. The summed E-state index contributed by atoms with van der Waals surface area (Å²) in [6.45, 7) is 7.33. The van der Waals surface area contributed by atoms with E-state index in [-0.39, 0.29) is 0 Å². The molecule has 0 unspecified atom stereocenters. The van der Waals surface area contributed by atoms with Crippen LogP contribution in [0.4, 0.5) is 0 Å². The summed E-state index contributed by atoms with van der Waals surface area (Å²) in [5, 5.41) is 8.81. The Hall–Kier alpha value is -1.41. The molecule has 4 heteroatoms. The van der Waals surface area contributed by atoms with Crippen LogP contribution < -0.4 is 0 Å². The van der Waals surface area contributed by atoms with Crippen LogP contribution >= 0.6 is 0 Å². The highest BCUT2D eigenvalue weighted by Gasteiger charge is 2.14. The number of benzene rings is 1. The summed E-state index contributed by atoms with van der Waals surface area (Å²) in [6, 6.07) is 10.1. The van der Waals surface area contributed by atoms with E-state index in [0.717, 1.165) is 51.4 Å². The van der Waals surface area contributed by atoms with E-state index in [1.165, 1.54) is 12.0 Å². The summed E-state index contributed by atoms with van der Waals surface area (Å²) in [5.41, 5.74) is 2.02. The predicted molar refractivity (Wildman–Crippen MR) is 79.4 cm³/mol. The summed E-state index contributed by atoms with van der Waals surface area (Å²) in [7, 11) is 1.76. The Morgan fingerprint density at radius 2 is 1.80 bits per heavy atom. The van der Waals surface area contributed by atoms with Gasteiger partial charge in [-0.3, -0.25) is 9.80 Å². The van der Waals surface area contributed by atoms with E-state index in [2.05, 4.69) is 28.0 Å². The van der Waals surface area contributed by atoms with Gasteiger partial charge in [0.05, 0.1) is 18.2 Å². The molecule has 0 radical (unpaired) electrons. The lowest BCUT2D eigenvalue weighted by molar-refractivity contribution is 0.149. The first kappa shape index (κ1) is 15.0. The number of methoxy groups -OCH3 is 1. The summed E-state index contributed by atoms with van der Waals surface area (Å²) in [6.07, 6.45) is 1.21. The van der Waals surface area contributed by atoms with Gasteiger partial charge < -0.3 is 4.74 Å². The van der Waals surface area contributed by atoms with Crippen LogP contribution in [0.2, 0.25) is 0 Å². The summed E-state index contributed by atoms with van der Waals surface area (Å²) >= 11 is 0. The Balaban J connectivity index is 1.82. The molecule has 0 N–H and O–H groups in total. The van der Waals surface area contributed by atoms with Gasteiger partial charge in [0.25, 0.3) is 0 Å². The zero-order valence-electron chi connectivity index (χ0n) is 12.2. The number of ether oxygens (including phenoxy) is 1. The van der Waals surface area contributed by atoms with Crippen LogP contribution in [0.3, 0.4) is 0 Å². The van der Waals surface area contributed by atoms with Gasteiger partial charge in [-0.2, -0.15) is 5.26 Å². The average molecular weight is 273 g/mol. The third kappa shape index (κ3) is 4.61. The van der Waals surface area contributed by atoms with Crippen molar-refractivity contribution in [1.29, 1.82) is 5.26 Å². The van der Waals surface area contributed by atoms with Gasteiger partial charge in [-0.1, -0.05) is 12.1 Å². The predicted octanol–water partition coefficient (Wildman–Crippen LogP) is 1.71. The van der Waals surface area contributed by atoms with Crippen LogP contribution in [-0.2, 0) is 11.3 Å². The molecule has 0 bridgehead atoms. The van der Waals surface area contributed by atoms with Gasteiger partial charge in [-0.05, 0) is 37.2 Å². The van der Waals surface area contributed by atoms with Crippen LogP contribution in [0.5, 0.6) is 0 Å². The first-order valence-electron chi connectivity index (χ1n) is 7.24. The molecule has 1 fully saturated rings. The Bertz CT molecular complexity index is 438. The van der Waals surface area contributed by atoms with E-state index in [1.54, 1.807) is 7.11 Å². The molecule has 1 heterocycles. The number of nitriles is 1. The minimum Gasteiger partial charge on any atom is -0.383 e. The summed E-state index contributed by atoms with van der Waals surface area (Å²) in [5.74, 6) is 0. The SMILES string of the molecule is COCCN1CCCN(Cc2ccc(C#N)cc2)CC1. The lowest BCUT2D eigenvalue weighted by Crippen LogP contribution is -2.32. The number of nitrogens with zero attached hydrogens (tertiary/aromatic N) is 3. The highest BCUT2D eigenvalue weighted by Crippen LogP contribution is 2.10. The second-order valence-electron chi connectivity index (χ2n) is 5.27. The van der Waals surface area contributed by atoms with E-state index in [1.807, 2.05) is 12.1 Å². The van der Waals surface area contributed by atoms with Crippen molar-refractivity contribution in [2.45, 2.75) is 13.0 Å². The van der Waals surface area contributed by atoms with E-state index >= 15 is 0 Å². The lowest BCUT2D eigenvalue weighted by atomic mass is 10.1. The third-order valence-electron chi connectivity index (χ3n) is 3.78. The maximum atomic E-state index is 8.81. The standard InChI is InChI=1S/C16H23N3O/c1-20-12-11-18-7-2-8-19(10-9-18)14-16-5-3-15(13-17)4-6-16/h3-6H,2,7-12,14H2,1H3. The number of hydrogen-bond acceptors (Lipinski definition) is 4.